The van der Waals surface area contributed by atoms with Crippen LogP contribution in [0.1, 0.15) is 69.1 Å². The minimum Gasteiger partial charge on any atom is -0.496 e. The Balaban J connectivity index is 2.57. The third-order valence-corrected chi connectivity index (χ3v) is 4.97. The fourth-order valence-corrected chi connectivity index (χ4v) is 3.62. The molecule has 0 spiro atoms. The van der Waals surface area contributed by atoms with E-state index in [2.05, 4.69) is 32.9 Å². The Morgan fingerprint density at radius 2 is 1.90 bits per heavy atom. The minimum atomic E-state index is 0.208. The number of methoxy groups -OCH3 is 1. The van der Waals surface area contributed by atoms with E-state index in [1.807, 2.05) is 0 Å². The molecule has 2 N–H and O–H groups in total. The maximum absolute atomic E-state index is 6.16. The van der Waals surface area contributed by atoms with Crippen LogP contribution in [0.3, 0.4) is 0 Å². The summed E-state index contributed by atoms with van der Waals surface area (Å²) in [5.41, 5.74) is 10.5. The summed E-state index contributed by atoms with van der Waals surface area (Å²) in [6.07, 6.45) is 6.09. The molecule has 0 aliphatic heterocycles. The second-order valence-corrected chi connectivity index (χ2v) is 6.46. The van der Waals surface area contributed by atoms with Crippen molar-refractivity contribution in [2.45, 2.75) is 64.2 Å². The Morgan fingerprint density at radius 3 is 2.35 bits per heavy atom. The zero-order chi connectivity index (χ0) is 14.8. The highest BCUT2D eigenvalue weighted by atomic mass is 16.5. The smallest absolute Gasteiger partial charge is 0.125 e. The molecule has 0 amide bonds. The predicted molar refractivity (Wildman–Crippen MR) is 85.7 cm³/mol. The summed E-state index contributed by atoms with van der Waals surface area (Å²) in [6.45, 7) is 7.45. The molecule has 0 bridgehead atoms. The molecule has 0 saturated heterocycles. The van der Waals surface area contributed by atoms with Gasteiger partial charge in [-0.05, 0) is 41.9 Å². The van der Waals surface area contributed by atoms with Crippen molar-refractivity contribution < 1.29 is 4.74 Å². The lowest BCUT2D eigenvalue weighted by molar-refractivity contribution is 0.400. The highest BCUT2D eigenvalue weighted by molar-refractivity contribution is 5.48. The molecule has 112 valence electrons. The highest BCUT2D eigenvalue weighted by Gasteiger charge is 2.35. The molecule has 0 unspecified atom stereocenters. The van der Waals surface area contributed by atoms with E-state index in [1.54, 1.807) is 7.11 Å². The molecule has 2 rings (SSSR count). The van der Waals surface area contributed by atoms with E-state index in [0.29, 0.717) is 5.92 Å². The zero-order valence-corrected chi connectivity index (χ0v) is 13.5. The van der Waals surface area contributed by atoms with E-state index >= 15 is 0 Å². The minimum absolute atomic E-state index is 0.208. The van der Waals surface area contributed by atoms with Crippen molar-refractivity contribution in [1.82, 2.24) is 0 Å². The van der Waals surface area contributed by atoms with Gasteiger partial charge in [0.15, 0.2) is 0 Å². The van der Waals surface area contributed by atoms with Gasteiger partial charge in [0, 0.05) is 12.0 Å². The molecule has 1 fully saturated rings. The Hall–Kier alpha value is -1.02. The number of hydrogen-bond acceptors (Lipinski definition) is 2. The predicted octanol–water partition coefficient (Wildman–Crippen LogP) is 4.15. The van der Waals surface area contributed by atoms with Crippen molar-refractivity contribution in [2.75, 3.05) is 13.7 Å². The third-order valence-electron chi connectivity index (χ3n) is 4.97. The normalized spacial score (nSPS) is 17.7. The first-order valence-corrected chi connectivity index (χ1v) is 7.99. The van der Waals surface area contributed by atoms with Crippen molar-refractivity contribution in [3.8, 4) is 5.75 Å². The van der Waals surface area contributed by atoms with Gasteiger partial charge in [-0.1, -0.05) is 45.7 Å². The average molecular weight is 275 g/mol. The number of benzene rings is 1. The van der Waals surface area contributed by atoms with Gasteiger partial charge < -0.3 is 10.5 Å². The summed E-state index contributed by atoms with van der Waals surface area (Å²) < 4.78 is 5.68. The van der Waals surface area contributed by atoms with Crippen LogP contribution in [0.5, 0.6) is 5.75 Å². The monoisotopic (exact) mass is 275 g/mol. The summed E-state index contributed by atoms with van der Waals surface area (Å²) in [6, 6.07) is 4.71. The molecule has 2 nitrogen and oxygen atoms in total. The summed E-state index contributed by atoms with van der Waals surface area (Å²) in [7, 11) is 1.79. The lowest BCUT2D eigenvalue weighted by Gasteiger charge is -2.30. The van der Waals surface area contributed by atoms with Crippen LogP contribution in [0.15, 0.2) is 12.1 Å². The SMILES string of the molecule is CCc1cc(C2(CN)CCCC2)cc(C(C)C)c1OC. The van der Waals surface area contributed by atoms with Crippen molar-refractivity contribution in [3.63, 3.8) is 0 Å². The van der Waals surface area contributed by atoms with E-state index in [1.165, 1.54) is 42.4 Å². The van der Waals surface area contributed by atoms with E-state index < -0.39 is 0 Å². The molecule has 0 aromatic heterocycles. The van der Waals surface area contributed by atoms with Gasteiger partial charge in [-0.3, -0.25) is 0 Å². The second-order valence-electron chi connectivity index (χ2n) is 6.46. The molecular formula is C18H29NO. The quantitative estimate of drug-likeness (QED) is 0.876. The van der Waals surface area contributed by atoms with Crippen LogP contribution in [0.4, 0.5) is 0 Å². The van der Waals surface area contributed by atoms with Crippen molar-refractivity contribution >= 4 is 0 Å². The molecule has 1 aliphatic rings. The van der Waals surface area contributed by atoms with Crippen LogP contribution in [-0.4, -0.2) is 13.7 Å². The lowest BCUT2D eigenvalue weighted by atomic mass is 9.76. The van der Waals surface area contributed by atoms with Crippen LogP contribution < -0.4 is 10.5 Å². The Labute approximate surface area is 123 Å². The lowest BCUT2D eigenvalue weighted by Crippen LogP contribution is -2.32. The Bertz CT molecular complexity index is 459. The molecule has 0 radical (unpaired) electrons. The van der Waals surface area contributed by atoms with Gasteiger partial charge in [-0.25, -0.2) is 0 Å². The van der Waals surface area contributed by atoms with Gasteiger partial charge in [0.25, 0.3) is 0 Å². The fourth-order valence-electron chi connectivity index (χ4n) is 3.62. The summed E-state index contributed by atoms with van der Waals surface area (Å²) >= 11 is 0. The first-order valence-electron chi connectivity index (χ1n) is 7.99. The largest absolute Gasteiger partial charge is 0.496 e. The van der Waals surface area contributed by atoms with Crippen molar-refractivity contribution in [1.29, 1.82) is 0 Å². The number of aryl methyl sites for hydroxylation is 1. The maximum atomic E-state index is 6.16. The Kier molecular flexibility index (Phi) is 4.74. The fraction of sp³-hybridized carbons (Fsp3) is 0.667. The number of hydrogen-bond donors (Lipinski definition) is 1. The topological polar surface area (TPSA) is 35.2 Å². The molecule has 1 aliphatic carbocycles. The number of rotatable bonds is 5. The molecule has 0 atom stereocenters. The molecule has 0 heterocycles. The molecule has 2 heteroatoms. The Morgan fingerprint density at radius 1 is 1.25 bits per heavy atom. The molecule has 20 heavy (non-hydrogen) atoms. The first-order chi connectivity index (χ1) is 9.57. The van der Waals surface area contributed by atoms with Gasteiger partial charge in [-0.2, -0.15) is 0 Å². The van der Waals surface area contributed by atoms with Gasteiger partial charge >= 0.3 is 0 Å². The van der Waals surface area contributed by atoms with E-state index in [4.69, 9.17) is 10.5 Å². The third kappa shape index (κ3) is 2.58. The maximum Gasteiger partial charge on any atom is 0.125 e. The van der Waals surface area contributed by atoms with E-state index in [-0.39, 0.29) is 5.41 Å². The van der Waals surface area contributed by atoms with Gasteiger partial charge in [0.1, 0.15) is 5.75 Å². The average Bonchev–Trinajstić information content (AvgIpc) is 2.95. The standard InChI is InChI=1S/C18H29NO/c1-5-14-10-15(18(12-19)8-6-7-9-18)11-16(13(2)3)17(14)20-4/h10-11,13H,5-9,12,19H2,1-4H3. The van der Waals surface area contributed by atoms with Crippen LogP contribution in [-0.2, 0) is 11.8 Å². The van der Waals surface area contributed by atoms with Crippen molar-refractivity contribution in [2.24, 2.45) is 5.73 Å². The molecule has 1 saturated carbocycles. The van der Waals surface area contributed by atoms with Crippen LogP contribution in [0.25, 0.3) is 0 Å². The molecular weight excluding hydrogens is 246 g/mol. The van der Waals surface area contributed by atoms with Crippen LogP contribution in [0, 0.1) is 0 Å². The van der Waals surface area contributed by atoms with Crippen LogP contribution in [0.2, 0.25) is 0 Å². The summed E-state index contributed by atoms with van der Waals surface area (Å²) in [4.78, 5) is 0. The van der Waals surface area contributed by atoms with Gasteiger partial charge in [0.2, 0.25) is 0 Å². The van der Waals surface area contributed by atoms with Gasteiger partial charge in [0.05, 0.1) is 7.11 Å². The molecule has 1 aromatic rings. The second kappa shape index (κ2) is 6.17. The van der Waals surface area contributed by atoms with Crippen LogP contribution >= 0.6 is 0 Å². The van der Waals surface area contributed by atoms with Crippen molar-refractivity contribution in [3.05, 3.63) is 28.8 Å². The first kappa shape index (κ1) is 15.4. The number of nitrogens with two attached hydrogens (primary N) is 1. The summed E-state index contributed by atoms with van der Waals surface area (Å²) in [5.74, 6) is 1.56. The van der Waals surface area contributed by atoms with E-state index in [0.717, 1.165) is 18.7 Å². The highest BCUT2D eigenvalue weighted by Crippen LogP contribution is 2.43. The summed E-state index contributed by atoms with van der Waals surface area (Å²) in [5, 5.41) is 0. The number of ether oxygens (including phenoxy) is 1. The van der Waals surface area contributed by atoms with Gasteiger partial charge in [-0.15, -0.1) is 0 Å². The zero-order valence-electron chi connectivity index (χ0n) is 13.5. The van der Waals surface area contributed by atoms with E-state index in [9.17, 15) is 0 Å². The molecule has 1 aromatic carbocycles.